The number of alkyl halides is 3. The third-order valence-electron chi connectivity index (χ3n) is 3.81. The average molecular weight is 399 g/mol. The monoisotopic (exact) mass is 398 g/mol. The van der Waals surface area contributed by atoms with Crippen LogP contribution in [0.3, 0.4) is 0 Å². The molecule has 2 aromatic rings. The number of nitrogens with one attached hydrogen (secondary N) is 1. The lowest BCUT2D eigenvalue weighted by atomic mass is 9.97. The molecule has 11 heteroatoms. The second kappa shape index (κ2) is 6.53. The highest BCUT2D eigenvalue weighted by Gasteiger charge is 2.42. The van der Waals surface area contributed by atoms with E-state index in [0.717, 1.165) is 11.3 Å². The van der Waals surface area contributed by atoms with E-state index in [4.69, 9.17) is 23.2 Å². The maximum atomic E-state index is 12.8. The van der Waals surface area contributed by atoms with E-state index in [1.54, 1.807) is 4.57 Å². The van der Waals surface area contributed by atoms with E-state index in [0.29, 0.717) is 10.2 Å². The minimum Gasteiger partial charge on any atom is -0.345 e. The molecule has 1 aliphatic rings. The highest BCUT2D eigenvalue weighted by Crippen LogP contribution is 2.34. The van der Waals surface area contributed by atoms with Gasteiger partial charge in [-0.2, -0.15) is 13.2 Å². The van der Waals surface area contributed by atoms with Gasteiger partial charge in [-0.3, -0.25) is 4.79 Å². The Morgan fingerprint density at radius 2 is 2.17 bits per heavy atom. The summed E-state index contributed by atoms with van der Waals surface area (Å²) in [5.41, 5.74) is 0.252. The van der Waals surface area contributed by atoms with Gasteiger partial charge in [0.15, 0.2) is 5.82 Å². The molecule has 1 aliphatic heterocycles. The van der Waals surface area contributed by atoms with Gasteiger partial charge < -0.3 is 9.88 Å². The minimum absolute atomic E-state index is 0.0263. The van der Waals surface area contributed by atoms with Crippen LogP contribution in [0.1, 0.15) is 28.4 Å². The van der Waals surface area contributed by atoms with Crippen molar-refractivity contribution >= 4 is 40.4 Å². The first-order valence-corrected chi connectivity index (χ1v) is 8.53. The fourth-order valence-corrected chi connectivity index (χ4v) is 4.01. The molecule has 0 unspecified atom stereocenters. The molecule has 0 radical (unpaired) electrons. The number of rotatable bonds is 3. The van der Waals surface area contributed by atoms with Crippen LogP contribution in [0.5, 0.6) is 0 Å². The number of carbonyl (C=O) groups excluding carboxylic acids is 1. The van der Waals surface area contributed by atoms with Gasteiger partial charge in [-0.1, -0.05) is 23.2 Å². The standard InChI is InChI=1S/C13H11Cl2F3N4OS/c14-8-4-7(11(15)24-8)12(23)19-5-10-21-20-9-3-6(13(16,17)18)1-2-22(9)10/h4,6H,1-3,5H2,(H,19,23)/t6-/m1/s1. The second-order valence-electron chi connectivity index (χ2n) is 5.34. The molecule has 0 spiro atoms. The van der Waals surface area contributed by atoms with Crippen LogP contribution in [-0.2, 0) is 19.5 Å². The van der Waals surface area contributed by atoms with Crippen molar-refractivity contribution in [3.63, 3.8) is 0 Å². The van der Waals surface area contributed by atoms with Crippen molar-refractivity contribution in [3.8, 4) is 0 Å². The number of amides is 1. The van der Waals surface area contributed by atoms with Crippen LogP contribution in [0.4, 0.5) is 13.2 Å². The molecule has 3 rings (SSSR count). The second-order valence-corrected chi connectivity index (χ2v) is 7.62. The lowest BCUT2D eigenvalue weighted by Crippen LogP contribution is -2.32. The lowest BCUT2D eigenvalue weighted by molar-refractivity contribution is -0.179. The van der Waals surface area contributed by atoms with E-state index < -0.39 is 18.0 Å². The van der Waals surface area contributed by atoms with Crippen molar-refractivity contribution in [2.45, 2.75) is 32.1 Å². The molecule has 1 atom stereocenters. The van der Waals surface area contributed by atoms with Crippen molar-refractivity contribution < 1.29 is 18.0 Å². The summed E-state index contributed by atoms with van der Waals surface area (Å²) in [5, 5.41) is 10.3. The zero-order valence-electron chi connectivity index (χ0n) is 12.0. The number of aromatic nitrogens is 3. The quantitative estimate of drug-likeness (QED) is 0.857. The van der Waals surface area contributed by atoms with Gasteiger partial charge in [-0.25, -0.2) is 0 Å². The molecule has 130 valence electrons. The van der Waals surface area contributed by atoms with Crippen LogP contribution < -0.4 is 5.32 Å². The molecular formula is C13H11Cl2F3N4OS. The fourth-order valence-electron chi connectivity index (χ4n) is 2.55. The Kier molecular flexibility index (Phi) is 4.76. The van der Waals surface area contributed by atoms with Gasteiger partial charge in [0.1, 0.15) is 10.2 Å². The SMILES string of the molecule is O=C(NCc1nnc2n1CC[C@@H](C(F)(F)F)C2)c1cc(Cl)sc1Cl. The number of hydrogen-bond acceptors (Lipinski definition) is 4. The molecule has 0 saturated heterocycles. The van der Waals surface area contributed by atoms with E-state index >= 15 is 0 Å². The number of thiophene rings is 1. The Labute approximate surface area is 148 Å². The van der Waals surface area contributed by atoms with E-state index in [2.05, 4.69) is 15.5 Å². The summed E-state index contributed by atoms with van der Waals surface area (Å²) < 4.78 is 40.6. The van der Waals surface area contributed by atoms with E-state index in [-0.39, 0.29) is 41.7 Å². The Hall–Kier alpha value is -1.32. The van der Waals surface area contributed by atoms with Crippen molar-refractivity contribution in [1.82, 2.24) is 20.1 Å². The predicted molar refractivity (Wildman–Crippen MR) is 83.4 cm³/mol. The molecule has 0 aliphatic carbocycles. The number of fused-ring (bicyclic) bond motifs is 1. The van der Waals surface area contributed by atoms with Gasteiger partial charge in [-0.15, -0.1) is 21.5 Å². The normalized spacial score (nSPS) is 17.6. The third kappa shape index (κ3) is 3.52. The molecule has 0 fully saturated rings. The summed E-state index contributed by atoms with van der Waals surface area (Å²) >= 11 is 12.8. The first kappa shape index (κ1) is 17.5. The fraction of sp³-hybridized carbons (Fsp3) is 0.462. The van der Waals surface area contributed by atoms with Crippen LogP contribution in [0.15, 0.2) is 6.07 Å². The third-order valence-corrected chi connectivity index (χ3v) is 5.29. The smallest absolute Gasteiger partial charge is 0.345 e. The average Bonchev–Trinajstić information content (AvgIpc) is 3.06. The first-order chi connectivity index (χ1) is 11.3. The topological polar surface area (TPSA) is 59.8 Å². The van der Waals surface area contributed by atoms with Gasteiger partial charge in [0.05, 0.1) is 22.4 Å². The highest BCUT2D eigenvalue weighted by molar-refractivity contribution is 7.20. The summed E-state index contributed by atoms with van der Waals surface area (Å²) in [6.45, 7) is 0.217. The van der Waals surface area contributed by atoms with Crippen molar-refractivity contribution in [2.75, 3.05) is 0 Å². The summed E-state index contributed by atoms with van der Waals surface area (Å²) in [5.74, 6) is -1.13. The van der Waals surface area contributed by atoms with Gasteiger partial charge in [0.2, 0.25) is 0 Å². The molecule has 0 saturated carbocycles. The Bertz CT molecular complexity index is 774. The van der Waals surface area contributed by atoms with Crippen LogP contribution in [0.2, 0.25) is 8.67 Å². The maximum Gasteiger partial charge on any atom is 0.392 e. The predicted octanol–water partition coefficient (Wildman–Crippen LogP) is 3.70. The maximum absolute atomic E-state index is 12.8. The van der Waals surface area contributed by atoms with Gasteiger partial charge in [-0.05, 0) is 12.5 Å². The number of nitrogens with zero attached hydrogens (tertiary/aromatic N) is 3. The van der Waals surface area contributed by atoms with Crippen molar-refractivity contribution in [2.24, 2.45) is 5.92 Å². The van der Waals surface area contributed by atoms with E-state index in [1.807, 2.05) is 0 Å². The summed E-state index contributed by atoms with van der Waals surface area (Å²) in [6, 6.07) is 1.46. The Balaban J connectivity index is 1.67. The first-order valence-electron chi connectivity index (χ1n) is 6.96. The van der Waals surface area contributed by atoms with Crippen LogP contribution >= 0.6 is 34.5 Å². The number of carbonyl (C=O) groups is 1. The summed E-state index contributed by atoms with van der Waals surface area (Å²) in [6.07, 6.45) is -4.46. The van der Waals surface area contributed by atoms with Crippen LogP contribution in [0, 0.1) is 5.92 Å². The van der Waals surface area contributed by atoms with Crippen LogP contribution in [-0.4, -0.2) is 26.8 Å². The minimum atomic E-state index is -4.24. The molecule has 0 bridgehead atoms. The molecular weight excluding hydrogens is 388 g/mol. The van der Waals surface area contributed by atoms with Crippen LogP contribution in [0.25, 0.3) is 0 Å². The molecule has 24 heavy (non-hydrogen) atoms. The van der Waals surface area contributed by atoms with Crippen molar-refractivity contribution in [3.05, 3.63) is 32.0 Å². The summed E-state index contributed by atoms with van der Waals surface area (Å²) in [7, 11) is 0. The number of hydrogen-bond donors (Lipinski definition) is 1. The largest absolute Gasteiger partial charge is 0.392 e. The van der Waals surface area contributed by atoms with E-state index in [9.17, 15) is 18.0 Å². The van der Waals surface area contributed by atoms with Gasteiger partial charge in [0.25, 0.3) is 5.91 Å². The summed E-state index contributed by atoms with van der Waals surface area (Å²) in [4.78, 5) is 12.1. The molecule has 3 heterocycles. The highest BCUT2D eigenvalue weighted by atomic mass is 35.5. The number of halogens is 5. The van der Waals surface area contributed by atoms with E-state index in [1.165, 1.54) is 6.07 Å². The molecule has 2 aromatic heterocycles. The Morgan fingerprint density at radius 3 is 2.79 bits per heavy atom. The van der Waals surface area contributed by atoms with Crippen molar-refractivity contribution in [1.29, 1.82) is 0 Å². The molecule has 0 aromatic carbocycles. The zero-order chi connectivity index (χ0) is 17.5. The molecule has 1 N–H and O–H groups in total. The Morgan fingerprint density at radius 1 is 1.42 bits per heavy atom. The van der Waals surface area contributed by atoms with Gasteiger partial charge >= 0.3 is 6.18 Å². The lowest BCUT2D eigenvalue weighted by Gasteiger charge is -2.25. The molecule has 1 amide bonds. The van der Waals surface area contributed by atoms with Gasteiger partial charge in [0, 0.05) is 13.0 Å². The molecule has 5 nitrogen and oxygen atoms in total. The zero-order valence-corrected chi connectivity index (χ0v) is 14.4.